The van der Waals surface area contributed by atoms with Gasteiger partial charge in [0.2, 0.25) is 0 Å². The molecule has 0 N–H and O–H groups in total. The molecule has 0 saturated heterocycles. The molecule has 0 unspecified atom stereocenters. The van der Waals surface area contributed by atoms with Crippen LogP contribution in [0.4, 0.5) is 0 Å². The number of esters is 2. The van der Waals surface area contributed by atoms with Crippen LogP contribution in [0.15, 0.2) is 51.4 Å². The van der Waals surface area contributed by atoms with E-state index in [1.165, 1.54) is 30.1 Å². The number of carbonyl (C=O) groups is 2. The van der Waals surface area contributed by atoms with Crippen molar-refractivity contribution < 1.29 is 38.0 Å². The standard InChI is InChI=1S/C32H35IN2O9S/c1-8-41-26(36)16-43-29-21(33)12-19(13-24(29)40-7)14-25-30(37)35-28(20-10-11-22(44-17(3)4)23(15-20)39-6)27(31(38)42-9-2)18(5)34-32(35)45-25/h10-15,17,28H,8-9,16H2,1-7H3/b25-14-/t28-/m1/s1. The summed E-state index contributed by atoms with van der Waals surface area (Å²) in [5.74, 6) is 0.732. The molecule has 240 valence electrons. The summed E-state index contributed by atoms with van der Waals surface area (Å²) < 4.78 is 35.6. The zero-order valence-electron chi connectivity index (χ0n) is 26.1. The molecule has 1 atom stereocenters. The van der Waals surface area contributed by atoms with Gasteiger partial charge in [0.15, 0.2) is 34.4 Å². The molecule has 0 spiro atoms. The fraction of sp³-hybridized carbons (Fsp3) is 0.375. The van der Waals surface area contributed by atoms with E-state index in [1.807, 2.05) is 26.0 Å². The third-order valence-electron chi connectivity index (χ3n) is 6.57. The molecule has 1 aromatic heterocycles. The molecule has 11 nitrogen and oxygen atoms in total. The van der Waals surface area contributed by atoms with Crippen molar-refractivity contribution in [1.82, 2.24) is 4.57 Å². The van der Waals surface area contributed by atoms with Gasteiger partial charge in [0.05, 0.1) is 59.0 Å². The van der Waals surface area contributed by atoms with E-state index in [0.717, 1.165) is 0 Å². The molecule has 13 heteroatoms. The summed E-state index contributed by atoms with van der Waals surface area (Å²) in [6.45, 7) is 9.14. The number of hydrogen-bond acceptors (Lipinski definition) is 11. The second kappa shape index (κ2) is 15.0. The van der Waals surface area contributed by atoms with Gasteiger partial charge in [-0.2, -0.15) is 0 Å². The molecule has 0 aliphatic carbocycles. The molecule has 2 heterocycles. The number of thiazole rings is 1. The lowest BCUT2D eigenvalue weighted by molar-refractivity contribution is -0.145. The van der Waals surface area contributed by atoms with Crippen LogP contribution < -0.4 is 33.8 Å². The van der Waals surface area contributed by atoms with Gasteiger partial charge in [-0.15, -0.1) is 0 Å². The zero-order valence-corrected chi connectivity index (χ0v) is 29.1. The predicted octanol–water partition coefficient (Wildman–Crippen LogP) is 4.15. The highest BCUT2D eigenvalue weighted by atomic mass is 127. The van der Waals surface area contributed by atoms with E-state index in [-0.39, 0.29) is 37.1 Å². The number of carbonyl (C=O) groups excluding carboxylic acids is 2. The summed E-state index contributed by atoms with van der Waals surface area (Å²) >= 11 is 3.28. The summed E-state index contributed by atoms with van der Waals surface area (Å²) in [6, 6.07) is 8.04. The lowest BCUT2D eigenvalue weighted by Gasteiger charge is -2.25. The minimum absolute atomic E-state index is 0.0838. The molecule has 1 aliphatic heterocycles. The van der Waals surface area contributed by atoms with Gasteiger partial charge in [0.1, 0.15) is 0 Å². The van der Waals surface area contributed by atoms with Crippen LogP contribution in [0, 0.1) is 3.57 Å². The van der Waals surface area contributed by atoms with E-state index in [1.54, 1.807) is 45.0 Å². The Hall–Kier alpha value is -3.85. The molecule has 0 fully saturated rings. The lowest BCUT2D eigenvalue weighted by atomic mass is 9.95. The molecule has 0 radical (unpaired) electrons. The van der Waals surface area contributed by atoms with Crippen molar-refractivity contribution in [2.24, 2.45) is 4.99 Å². The van der Waals surface area contributed by atoms with E-state index >= 15 is 0 Å². The quantitative estimate of drug-likeness (QED) is 0.199. The van der Waals surface area contributed by atoms with Crippen molar-refractivity contribution in [3.8, 4) is 23.0 Å². The summed E-state index contributed by atoms with van der Waals surface area (Å²) in [6.07, 6.45) is 1.64. The van der Waals surface area contributed by atoms with Crippen LogP contribution in [0.3, 0.4) is 0 Å². The van der Waals surface area contributed by atoms with E-state index in [4.69, 9.17) is 28.4 Å². The first-order valence-electron chi connectivity index (χ1n) is 14.2. The zero-order chi connectivity index (χ0) is 32.8. The van der Waals surface area contributed by atoms with Crippen LogP contribution in [-0.4, -0.2) is 56.6 Å². The van der Waals surface area contributed by atoms with Crippen molar-refractivity contribution >= 4 is 51.9 Å². The van der Waals surface area contributed by atoms with Crippen LogP contribution in [0.5, 0.6) is 23.0 Å². The van der Waals surface area contributed by atoms with Gasteiger partial charge in [-0.1, -0.05) is 17.4 Å². The van der Waals surface area contributed by atoms with Gasteiger partial charge in [0, 0.05) is 0 Å². The maximum absolute atomic E-state index is 14.1. The van der Waals surface area contributed by atoms with Gasteiger partial charge in [0.25, 0.3) is 5.56 Å². The highest BCUT2D eigenvalue weighted by Gasteiger charge is 2.34. The minimum Gasteiger partial charge on any atom is -0.493 e. The number of aromatic nitrogens is 1. The molecule has 0 bridgehead atoms. The Kier molecular flexibility index (Phi) is 11.3. The van der Waals surface area contributed by atoms with E-state index in [0.29, 0.717) is 52.7 Å². The topological polar surface area (TPSA) is 124 Å². The van der Waals surface area contributed by atoms with Crippen molar-refractivity contribution in [2.45, 2.75) is 46.8 Å². The van der Waals surface area contributed by atoms with Gasteiger partial charge >= 0.3 is 11.9 Å². The Morgan fingerprint density at radius 2 is 1.76 bits per heavy atom. The van der Waals surface area contributed by atoms with Crippen molar-refractivity contribution in [3.05, 3.63) is 76.0 Å². The molecule has 0 saturated carbocycles. The normalized spacial score (nSPS) is 14.5. The number of halogens is 1. The summed E-state index contributed by atoms with van der Waals surface area (Å²) in [4.78, 5) is 44.3. The largest absolute Gasteiger partial charge is 0.493 e. The average molecular weight is 751 g/mol. The Morgan fingerprint density at radius 1 is 1.04 bits per heavy atom. The fourth-order valence-corrected chi connectivity index (χ4v) is 6.59. The molecule has 2 aromatic carbocycles. The number of ether oxygens (including phenoxy) is 6. The number of allylic oxidation sites excluding steroid dienone is 1. The second-order valence-corrected chi connectivity index (χ2v) is 12.2. The Balaban J connectivity index is 1.85. The maximum Gasteiger partial charge on any atom is 0.344 e. The number of methoxy groups -OCH3 is 2. The molecule has 1 aliphatic rings. The first-order chi connectivity index (χ1) is 21.5. The van der Waals surface area contributed by atoms with Gasteiger partial charge in [-0.3, -0.25) is 9.36 Å². The third-order valence-corrected chi connectivity index (χ3v) is 8.36. The highest BCUT2D eigenvalue weighted by molar-refractivity contribution is 14.1. The number of hydrogen-bond donors (Lipinski definition) is 0. The first-order valence-corrected chi connectivity index (χ1v) is 16.1. The number of nitrogens with zero attached hydrogens (tertiary/aromatic N) is 2. The second-order valence-electron chi connectivity index (χ2n) is 10.0. The third kappa shape index (κ3) is 7.52. The molecule has 4 rings (SSSR count). The van der Waals surface area contributed by atoms with Crippen LogP contribution in [0.25, 0.3) is 6.08 Å². The smallest absolute Gasteiger partial charge is 0.344 e. The number of benzene rings is 2. The molecule has 45 heavy (non-hydrogen) atoms. The Labute approximate surface area is 278 Å². The Bertz CT molecular complexity index is 1810. The van der Waals surface area contributed by atoms with Crippen molar-refractivity contribution in [1.29, 1.82) is 0 Å². The average Bonchev–Trinajstić information content (AvgIpc) is 3.29. The van der Waals surface area contributed by atoms with Crippen LogP contribution in [-0.2, 0) is 19.1 Å². The maximum atomic E-state index is 14.1. The monoisotopic (exact) mass is 750 g/mol. The highest BCUT2D eigenvalue weighted by Crippen LogP contribution is 2.37. The minimum atomic E-state index is -0.822. The van der Waals surface area contributed by atoms with Gasteiger partial charge in [-0.25, -0.2) is 14.6 Å². The predicted molar refractivity (Wildman–Crippen MR) is 177 cm³/mol. The summed E-state index contributed by atoms with van der Waals surface area (Å²) in [7, 11) is 3.03. The summed E-state index contributed by atoms with van der Waals surface area (Å²) in [5, 5.41) is 0. The van der Waals surface area contributed by atoms with Gasteiger partial charge in [-0.05, 0) is 98.7 Å². The van der Waals surface area contributed by atoms with E-state index < -0.39 is 18.0 Å². The summed E-state index contributed by atoms with van der Waals surface area (Å²) in [5.41, 5.74) is 1.67. The van der Waals surface area contributed by atoms with Crippen molar-refractivity contribution in [2.75, 3.05) is 34.0 Å². The fourth-order valence-electron chi connectivity index (χ4n) is 4.76. The lowest BCUT2D eigenvalue weighted by Crippen LogP contribution is -2.40. The van der Waals surface area contributed by atoms with E-state index in [2.05, 4.69) is 27.6 Å². The van der Waals surface area contributed by atoms with Crippen LogP contribution >= 0.6 is 33.9 Å². The van der Waals surface area contributed by atoms with Crippen LogP contribution in [0.1, 0.15) is 51.8 Å². The van der Waals surface area contributed by atoms with E-state index in [9.17, 15) is 14.4 Å². The molecular weight excluding hydrogens is 715 g/mol. The van der Waals surface area contributed by atoms with Crippen LogP contribution in [0.2, 0.25) is 0 Å². The molecule has 3 aromatic rings. The number of fused-ring (bicyclic) bond motifs is 1. The molecular formula is C32H35IN2O9S. The van der Waals surface area contributed by atoms with Gasteiger partial charge < -0.3 is 28.4 Å². The van der Waals surface area contributed by atoms with Crippen molar-refractivity contribution in [3.63, 3.8) is 0 Å². The first kappa shape index (κ1) is 34.0. The Morgan fingerprint density at radius 3 is 2.40 bits per heavy atom. The SMILES string of the molecule is CCOC(=O)COc1c(I)cc(/C=c2\sc3n(c2=O)[C@H](c2ccc(OC(C)C)c(OC)c2)C(C(=O)OCC)=C(C)N=3)cc1OC. The number of rotatable bonds is 12. The molecule has 0 amide bonds.